The van der Waals surface area contributed by atoms with E-state index >= 15 is 0 Å². The number of para-hydroxylation sites is 1. The van der Waals surface area contributed by atoms with E-state index in [4.69, 9.17) is 4.98 Å². The van der Waals surface area contributed by atoms with Crippen molar-refractivity contribution < 1.29 is 0 Å². The third kappa shape index (κ3) is 2.80. The average Bonchev–Trinajstić information content (AvgIpc) is 2.54. The third-order valence-electron chi connectivity index (χ3n) is 4.29. The van der Waals surface area contributed by atoms with Crippen LogP contribution in [0.5, 0.6) is 0 Å². The highest BCUT2D eigenvalue weighted by molar-refractivity contribution is 5.90. The Morgan fingerprint density at radius 2 is 2.05 bits per heavy atom. The highest BCUT2D eigenvalue weighted by Gasteiger charge is 2.24. The maximum absolute atomic E-state index is 4.82. The molecule has 2 aromatic rings. The van der Waals surface area contributed by atoms with Crippen LogP contribution in [-0.4, -0.2) is 29.1 Å². The first kappa shape index (κ1) is 14.1. The number of fused-ring (bicyclic) bond motifs is 1. The van der Waals surface area contributed by atoms with Crippen LogP contribution >= 0.6 is 0 Å². The second-order valence-corrected chi connectivity index (χ2v) is 5.67. The Morgan fingerprint density at radius 3 is 2.86 bits per heavy atom. The molecule has 0 bridgehead atoms. The van der Waals surface area contributed by atoms with Gasteiger partial charge in [-0.25, -0.2) is 4.98 Å². The normalized spacial score (nSPS) is 19.0. The molecule has 0 radical (unpaired) electrons. The van der Waals surface area contributed by atoms with Crippen LogP contribution < -0.4 is 10.2 Å². The van der Waals surface area contributed by atoms with Gasteiger partial charge in [-0.2, -0.15) is 4.98 Å². The summed E-state index contributed by atoms with van der Waals surface area (Å²) in [4.78, 5) is 11.9. The zero-order valence-electron chi connectivity index (χ0n) is 13.0. The van der Waals surface area contributed by atoms with Gasteiger partial charge in [-0.3, -0.25) is 0 Å². The van der Waals surface area contributed by atoms with E-state index in [-0.39, 0.29) is 0 Å². The number of nitrogens with one attached hydrogen (secondary N) is 1. The smallest absolute Gasteiger partial charge is 0.225 e. The van der Waals surface area contributed by atoms with Gasteiger partial charge in [0.2, 0.25) is 5.95 Å². The molecule has 0 spiro atoms. The summed E-state index contributed by atoms with van der Waals surface area (Å²) in [5.41, 5.74) is 1.03. The number of rotatable bonds is 4. The Morgan fingerprint density at radius 1 is 1.19 bits per heavy atom. The van der Waals surface area contributed by atoms with Gasteiger partial charge in [0, 0.05) is 24.5 Å². The molecule has 0 amide bonds. The molecule has 21 heavy (non-hydrogen) atoms. The van der Waals surface area contributed by atoms with Crippen LogP contribution in [0.3, 0.4) is 0 Å². The van der Waals surface area contributed by atoms with Crippen molar-refractivity contribution in [1.29, 1.82) is 0 Å². The van der Waals surface area contributed by atoms with Gasteiger partial charge in [-0.15, -0.1) is 0 Å². The molecule has 3 rings (SSSR count). The van der Waals surface area contributed by atoms with Gasteiger partial charge in [0.05, 0.1) is 5.52 Å². The largest absolute Gasteiger partial charge is 0.354 e. The topological polar surface area (TPSA) is 41.1 Å². The molecular formula is C17H24N4. The van der Waals surface area contributed by atoms with Crippen molar-refractivity contribution >= 4 is 22.7 Å². The van der Waals surface area contributed by atoms with Gasteiger partial charge in [-0.1, -0.05) is 19.1 Å². The lowest BCUT2D eigenvalue weighted by Gasteiger charge is -2.36. The molecule has 4 heteroatoms. The Balaban J connectivity index is 2.10. The molecular weight excluding hydrogens is 260 g/mol. The van der Waals surface area contributed by atoms with Crippen LogP contribution in [0, 0.1) is 0 Å². The van der Waals surface area contributed by atoms with Crippen LogP contribution in [0.2, 0.25) is 0 Å². The van der Waals surface area contributed by atoms with Crippen LogP contribution in [0.25, 0.3) is 10.9 Å². The van der Waals surface area contributed by atoms with Crippen molar-refractivity contribution in [3.63, 3.8) is 0 Å². The minimum Gasteiger partial charge on any atom is -0.354 e. The van der Waals surface area contributed by atoms with E-state index in [1.165, 1.54) is 31.1 Å². The van der Waals surface area contributed by atoms with Crippen LogP contribution in [0.15, 0.2) is 24.3 Å². The fraction of sp³-hybridized carbons (Fsp3) is 0.529. The van der Waals surface area contributed by atoms with Crippen LogP contribution in [0.1, 0.15) is 39.5 Å². The highest BCUT2D eigenvalue weighted by Crippen LogP contribution is 2.31. The monoisotopic (exact) mass is 284 g/mol. The minimum absolute atomic E-state index is 0.603. The fourth-order valence-electron chi connectivity index (χ4n) is 3.22. The maximum Gasteiger partial charge on any atom is 0.225 e. The second-order valence-electron chi connectivity index (χ2n) is 5.67. The molecule has 4 nitrogen and oxygen atoms in total. The first-order valence-electron chi connectivity index (χ1n) is 8.10. The predicted octanol–water partition coefficient (Wildman–Crippen LogP) is 3.83. The maximum atomic E-state index is 4.82. The molecule has 1 aromatic carbocycles. The molecule has 1 N–H and O–H groups in total. The zero-order chi connectivity index (χ0) is 14.7. The lowest BCUT2D eigenvalue weighted by atomic mass is 9.99. The first-order chi connectivity index (χ1) is 10.3. The van der Waals surface area contributed by atoms with E-state index < -0.39 is 0 Å². The summed E-state index contributed by atoms with van der Waals surface area (Å²) < 4.78 is 0. The van der Waals surface area contributed by atoms with Crippen molar-refractivity contribution in [2.24, 2.45) is 0 Å². The van der Waals surface area contributed by atoms with Gasteiger partial charge in [0.25, 0.3) is 0 Å². The van der Waals surface area contributed by atoms with Crippen molar-refractivity contribution in [1.82, 2.24) is 9.97 Å². The Bertz CT molecular complexity index is 611. The van der Waals surface area contributed by atoms with Gasteiger partial charge in [-0.05, 0) is 44.7 Å². The molecule has 1 fully saturated rings. The first-order valence-corrected chi connectivity index (χ1v) is 8.10. The molecule has 2 heterocycles. The lowest BCUT2D eigenvalue weighted by molar-refractivity contribution is 0.448. The SMILES string of the molecule is CCNc1nc(N2CCCCC2CC)c2ccccc2n1. The summed E-state index contributed by atoms with van der Waals surface area (Å²) >= 11 is 0. The number of piperidine rings is 1. The number of hydrogen-bond donors (Lipinski definition) is 1. The van der Waals surface area contributed by atoms with E-state index in [1.54, 1.807) is 0 Å². The summed E-state index contributed by atoms with van der Waals surface area (Å²) in [6.07, 6.45) is 5.03. The second kappa shape index (κ2) is 6.29. The quantitative estimate of drug-likeness (QED) is 0.926. The molecule has 1 atom stereocenters. The summed E-state index contributed by atoms with van der Waals surface area (Å²) in [7, 11) is 0. The van der Waals surface area contributed by atoms with Gasteiger partial charge >= 0.3 is 0 Å². The Labute approximate surface area is 126 Å². The number of anilines is 2. The summed E-state index contributed by atoms with van der Waals surface area (Å²) in [5, 5.41) is 4.43. The van der Waals surface area contributed by atoms with Crippen LogP contribution in [0.4, 0.5) is 11.8 Å². The number of hydrogen-bond acceptors (Lipinski definition) is 4. The van der Waals surface area contributed by atoms with Crippen LogP contribution in [-0.2, 0) is 0 Å². The number of benzene rings is 1. The molecule has 1 aliphatic rings. The summed E-state index contributed by atoms with van der Waals surface area (Å²) in [5.74, 6) is 1.84. The molecule has 112 valence electrons. The molecule has 1 unspecified atom stereocenters. The van der Waals surface area contributed by atoms with Crippen molar-refractivity contribution in [2.75, 3.05) is 23.3 Å². The molecule has 1 aliphatic heterocycles. The van der Waals surface area contributed by atoms with Gasteiger partial charge in [0.15, 0.2) is 0 Å². The molecule has 1 saturated heterocycles. The van der Waals surface area contributed by atoms with Crippen molar-refractivity contribution in [3.05, 3.63) is 24.3 Å². The summed E-state index contributed by atoms with van der Waals surface area (Å²) in [6.45, 7) is 6.30. The summed E-state index contributed by atoms with van der Waals surface area (Å²) in [6, 6.07) is 8.94. The van der Waals surface area contributed by atoms with Crippen molar-refractivity contribution in [2.45, 2.75) is 45.6 Å². The fourth-order valence-corrected chi connectivity index (χ4v) is 3.22. The molecule has 1 aromatic heterocycles. The number of nitrogens with zero attached hydrogens (tertiary/aromatic N) is 3. The molecule has 0 aliphatic carbocycles. The predicted molar refractivity (Wildman–Crippen MR) is 89.0 cm³/mol. The van der Waals surface area contributed by atoms with E-state index in [0.717, 1.165) is 30.4 Å². The van der Waals surface area contributed by atoms with Gasteiger partial charge < -0.3 is 10.2 Å². The Hall–Kier alpha value is -1.84. The zero-order valence-corrected chi connectivity index (χ0v) is 13.0. The van der Waals surface area contributed by atoms with Gasteiger partial charge in [0.1, 0.15) is 5.82 Å². The lowest BCUT2D eigenvalue weighted by Crippen LogP contribution is -2.39. The average molecular weight is 284 g/mol. The van der Waals surface area contributed by atoms with E-state index in [2.05, 4.69) is 47.2 Å². The van der Waals surface area contributed by atoms with Crippen molar-refractivity contribution in [3.8, 4) is 0 Å². The minimum atomic E-state index is 0.603. The standard InChI is InChI=1S/C17H24N4/c1-3-13-9-7-8-12-21(13)16-14-10-5-6-11-15(14)19-17(20-16)18-4-2/h5-6,10-11,13H,3-4,7-9,12H2,1-2H3,(H,18,19,20). The third-order valence-corrected chi connectivity index (χ3v) is 4.29. The van der Waals surface area contributed by atoms with E-state index in [1.807, 2.05) is 6.07 Å². The highest BCUT2D eigenvalue weighted by atomic mass is 15.3. The molecule has 0 saturated carbocycles. The van der Waals surface area contributed by atoms with E-state index in [0.29, 0.717) is 6.04 Å². The van der Waals surface area contributed by atoms with E-state index in [9.17, 15) is 0 Å². The Kier molecular flexibility index (Phi) is 4.23. The number of aromatic nitrogens is 2.